The molecule has 0 aliphatic rings. The summed E-state index contributed by atoms with van der Waals surface area (Å²) in [5.74, 6) is 1.07. The van der Waals surface area contributed by atoms with Gasteiger partial charge in [-0.1, -0.05) is 25.1 Å². The summed E-state index contributed by atoms with van der Waals surface area (Å²) >= 11 is 1.88. The molecule has 2 aromatic rings. The summed E-state index contributed by atoms with van der Waals surface area (Å²) in [4.78, 5) is 5.73. The SMILES string of the molecule is CCCNCc1cn(CCSc2ccccc2)cn1. The van der Waals surface area contributed by atoms with Crippen molar-refractivity contribution in [2.45, 2.75) is 31.3 Å². The van der Waals surface area contributed by atoms with Crippen molar-refractivity contribution in [1.82, 2.24) is 14.9 Å². The van der Waals surface area contributed by atoms with Gasteiger partial charge in [0.1, 0.15) is 0 Å². The van der Waals surface area contributed by atoms with Crippen LogP contribution >= 0.6 is 11.8 Å². The van der Waals surface area contributed by atoms with E-state index in [2.05, 4.69) is 58.3 Å². The van der Waals surface area contributed by atoms with E-state index in [-0.39, 0.29) is 0 Å². The van der Waals surface area contributed by atoms with Crippen molar-refractivity contribution in [2.75, 3.05) is 12.3 Å². The molecule has 0 amide bonds. The molecule has 102 valence electrons. The first-order chi connectivity index (χ1) is 9.38. The number of aromatic nitrogens is 2. The lowest BCUT2D eigenvalue weighted by molar-refractivity contribution is 0.665. The van der Waals surface area contributed by atoms with Crippen molar-refractivity contribution < 1.29 is 0 Å². The van der Waals surface area contributed by atoms with Gasteiger partial charge >= 0.3 is 0 Å². The molecule has 2 rings (SSSR count). The zero-order valence-electron chi connectivity index (χ0n) is 11.4. The molecule has 1 N–H and O–H groups in total. The summed E-state index contributed by atoms with van der Waals surface area (Å²) in [5, 5.41) is 3.37. The smallest absolute Gasteiger partial charge is 0.0950 e. The lowest BCUT2D eigenvalue weighted by Gasteiger charge is -2.02. The first-order valence-electron chi connectivity index (χ1n) is 6.77. The Hall–Kier alpha value is -1.26. The molecule has 0 spiro atoms. The van der Waals surface area contributed by atoms with Crippen molar-refractivity contribution in [1.29, 1.82) is 0 Å². The van der Waals surface area contributed by atoms with Crippen molar-refractivity contribution in [3.05, 3.63) is 48.5 Å². The van der Waals surface area contributed by atoms with Gasteiger partial charge in [0.25, 0.3) is 0 Å². The number of thioether (sulfide) groups is 1. The fourth-order valence-corrected chi connectivity index (χ4v) is 2.69. The van der Waals surface area contributed by atoms with E-state index in [1.54, 1.807) is 0 Å². The molecule has 1 aromatic heterocycles. The predicted molar refractivity (Wildman–Crippen MR) is 81.4 cm³/mol. The van der Waals surface area contributed by atoms with E-state index in [0.29, 0.717) is 0 Å². The van der Waals surface area contributed by atoms with Crippen LogP contribution in [0, 0.1) is 0 Å². The van der Waals surface area contributed by atoms with E-state index >= 15 is 0 Å². The maximum atomic E-state index is 4.40. The Balaban J connectivity index is 1.71. The molecule has 0 saturated heterocycles. The van der Waals surface area contributed by atoms with Crippen LogP contribution in [0.2, 0.25) is 0 Å². The van der Waals surface area contributed by atoms with Gasteiger partial charge in [-0.15, -0.1) is 11.8 Å². The third kappa shape index (κ3) is 5.09. The molecule has 1 aromatic carbocycles. The van der Waals surface area contributed by atoms with Crippen molar-refractivity contribution in [3.8, 4) is 0 Å². The van der Waals surface area contributed by atoms with Crippen LogP contribution in [0.3, 0.4) is 0 Å². The van der Waals surface area contributed by atoms with Crippen LogP contribution in [-0.2, 0) is 13.1 Å². The first kappa shape index (κ1) is 14.2. The fraction of sp³-hybridized carbons (Fsp3) is 0.400. The van der Waals surface area contributed by atoms with Crippen LogP contribution in [0.4, 0.5) is 0 Å². The number of hydrogen-bond acceptors (Lipinski definition) is 3. The predicted octanol–water partition coefficient (Wildman–Crippen LogP) is 3.18. The van der Waals surface area contributed by atoms with E-state index in [1.165, 1.54) is 4.90 Å². The highest BCUT2D eigenvalue weighted by atomic mass is 32.2. The molecule has 4 heteroatoms. The van der Waals surface area contributed by atoms with Crippen LogP contribution in [0.1, 0.15) is 19.0 Å². The van der Waals surface area contributed by atoms with Crippen molar-refractivity contribution >= 4 is 11.8 Å². The highest BCUT2D eigenvalue weighted by Gasteiger charge is 1.99. The molecule has 0 bridgehead atoms. The van der Waals surface area contributed by atoms with Gasteiger partial charge in [0, 0.05) is 29.9 Å². The molecule has 1 heterocycles. The molecule has 0 saturated carbocycles. The van der Waals surface area contributed by atoms with E-state index in [1.807, 2.05) is 18.1 Å². The molecular formula is C15H21N3S. The zero-order valence-corrected chi connectivity index (χ0v) is 12.2. The normalized spacial score (nSPS) is 10.8. The lowest BCUT2D eigenvalue weighted by atomic mass is 10.4. The summed E-state index contributed by atoms with van der Waals surface area (Å²) in [6.45, 7) is 5.09. The Kier molecular flexibility index (Phi) is 5.98. The monoisotopic (exact) mass is 275 g/mol. The fourth-order valence-electron chi connectivity index (χ4n) is 1.80. The number of rotatable bonds is 8. The van der Waals surface area contributed by atoms with Gasteiger partial charge in [0.15, 0.2) is 0 Å². The Morgan fingerprint density at radius 1 is 1.26 bits per heavy atom. The van der Waals surface area contributed by atoms with E-state index in [4.69, 9.17) is 0 Å². The Morgan fingerprint density at radius 3 is 2.89 bits per heavy atom. The van der Waals surface area contributed by atoms with E-state index in [9.17, 15) is 0 Å². The van der Waals surface area contributed by atoms with Crippen molar-refractivity contribution in [2.24, 2.45) is 0 Å². The number of benzene rings is 1. The standard InChI is InChI=1S/C15H21N3S/c1-2-8-16-11-14-12-18(13-17-14)9-10-19-15-6-4-3-5-7-15/h3-7,12-13,16H,2,8-11H2,1H3. The van der Waals surface area contributed by atoms with Crippen LogP contribution in [0.15, 0.2) is 47.8 Å². The van der Waals surface area contributed by atoms with Crippen LogP contribution in [0.25, 0.3) is 0 Å². The van der Waals surface area contributed by atoms with E-state index in [0.717, 1.165) is 37.5 Å². The van der Waals surface area contributed by atoms with Gasteiger partial charge < -0.3 is 9.88 Å². The van der Waals surface area contributed by atoms with Crippen LogP contribution in [-0.4, -0.2) is 21.8 Å². The number of hydrogen-bond donors (Lipinski definition) is 1. The van der Waals surface area contributed by atoms with Gasteiger partial charge in [0.05, 0.1) is 12.0 Å². The molecule has 0 unspecified atom stereocenters. The topological polar surface area (TPSA) is 29.9 Å². The number of aryl methyl sites for hydroxylation is 1. The van der Waals surface area contributed by atoms with Gasteiger partial charge in [-0.25, -0.2) is 4.98 Å². The molecule has 0 aliphatic carbocycles. The minimum atomic E-state index is 0.868. The Morgan fingerprint density at radius 2 is 2.11 bits per heavy atom. The zero-order chi connectivity index (χ0) is 13.3. The quantitative estimate of drug-likeness (QED) is 0.593. The van der Waals surface area contributed by atoms with Gasteiger partial charge in [-0.05, 0) is 25.1 Å². The summed E-state index contributed by atoms with van der Waals surface area (Å²) in [5.41, 5.74) is 1.12. The largest absolute Gasteiger partial charge is 0.336 e. The minimum Gasteiger partial charge on any atom is -0.336 e. The summed E-state index contributed by atoms with van der Waals surface area (Å²) < 4.78 is 2.17. The molecular weight excluding hydrogens is 254 g/mol. The van der Waals surface area contributed by atoms with Gasteiger partial charge in [-0.3, -0.25) is 0 Å². The third-order valence-corrected chi connectivity index (χ3v) is 3.77. The molecule has 19 heavy (non-hydrogen) atoms. The minimum absolute atomic E-state index is 0.868. The summed E-state index contributed by atoms with van der Waals surface area (Å²) in [6.07, 6.45) is 5.22. The average Bonchev–Trinajstić information content (AvgIpc) is 2.88. The lowest BCUT2D eigenvalue weighted by Crippen LogP contribution is -2.13. The number of nitrogens with zero attached hydrogens (tertiary/aromatic N) is 2. The molecule has 0 atom stereocenters. The molecule has 3 nitrogen and oxygen atoms in total. The van der Waals surface area contributed by atoms with E-state index < -0.39 is 0 Å². The molecule has 0 aliphatic heterocycles. The van der Waals surface area contributed by atoms with Crippen LogP contribution in [0.5, 0.6) is 0 Å². The maximum Gasteiger partial charge on any atom is 0.0950 e. The van der Waals surface area contributed by atoms with Gasteiger partial charge in [-0.2, -0.15) is 0 Å². The second kappa shape index (κ2) is 8.02. The summed E-state index contributed by atoms with van der Waals surface area (Å²) in [6, 6.07) is 10.5. The number of nitrogens with one attached hydrogen (secondary N) is 1. The number of imidazole rings is 1. The van der Waals surface area contributed by atoms with Gasteiger partial charge in [0.2, 0.25) is 0 Å². The Labute approximate surface area is 119 Å². The summed E-state index contributed by atoms with van der Waals surface area (Å²) in [7, 11) is 0. The third-order valence-electron chi connectivity index (χ3n) is 2.78. The highest BCUT2D eigenvalue weighted by molar-refractivity contribution is 7.99. The van der Waals surface area contributed by atoms with Crippen LogP contribution < -0.4 is 5.32 Å². The highest BCUT2D eigenvalue weighted by Crippen LogP contribution is 2.17. The molecule has 0 radical (unpaired) electrons. The van der Waals surface area contributed by atoms with Crippen molar-refractivity contribution in [3.63, 3.8) is 0 Å². The first-order valence-corrected chi connectivity index (χ1v) is 7.76. The second-order valence-electron chi connectivity index (χ2n) is 4.44. The second-order valence-corrected chi connectivity index (χ2v) is 5.61. The average molecular weight is 275 g/mol. The Bertz CT molecular complexity index is 467. The maximum absolute atomic E-state index is 4.40. The molecule has 0 fully saturated rings.